The van der Waals surface area contributed by atoms with Crippen LogP contribution in [-0.4, -0.2) is 17.1 Å². The van der Waals surface area contributed by atoms with Crippen LogP contribution in [0.1, 0.15) is 11.3 Å². The summed E-state index contributed by atoms with van der Waals surface area (Å²) in [7, 11) is 0. The van der Waals surface area contributed by atoms with E-state index in [1.165, 1.54) is 22.9 Å². The van der Waals surface area contributed by atoms with Crippen molar-refractivity contribution >= 4 is 61.1 Å². The van der Waals surface area contributed by atoms with Gasteiger partial charge in [-0.15, -0.1) is 0 Å². The first-order valence-electron chi connectivity index (χ1n) is 9.92. The number of carbonyl (C=O) groups excluding carboxylic acids is 2. The Hall–Kier alpha value is -2.80. The van der Waals surface area contributed by atoms with Crippen molar-refractivity contribution < 1.29 is 14.0 Å². The molecule has 0 spiro atoms. The zero-order valence-electron chi connectivity index (χ0n) is 17.1. The van der Waals surface area contributed by atoms with Gasteiger partial charge in [-0.2, -0.15) is 5.26 Å². The van der Waals surface area contributed by atoms with Crippen LogP contribution in [0.3, 0.4) is 0 Å². The Morgan fingerprint density at radius 3 is 2.58 bits per heavy atom. The molecule has 0 aliphatic carbocycles. The van der Waals surface area contributed by atoms with Crippen molar-refractivity contribution in [3.05, 3.63) is 97.8 Å². The third kappa shape index (κ3) is 5.41. The number of hydrogen-bond donors (Lipinski definition) is 1. The lowest BCUT2D eigenvalue weighted by molar-refractivity contribution is -0.117. The van der Waals surface area contributed by atoms with E-state index in [0.717, 1.165) is 14.5 Å². The summed E-state index contributed by atoms with van der Waals surface area (Å²) in [5, 5.41) is 12.4. The van der Waals surface area contributed by atoms with E-state index in [9.17, 15) is 14.9 Å². The predicted molar refractivity (Wildman–Crippen MR) is 134 cm³/mol. The molecule has 0 saturated carbocycles. The van der Waals surface area contributed by atoms with Gasteiger partial charge in [-0.1, -0.05) is 55.8 Å². The van der Waals surface area contributed by atoms with Crippen LogP contribution in [0.5, 0.6) is 0 Å². The van der Waals surface area contributed by atoms with E-state index in [2.05, 4.69) is 37.2 Å². The Balaban J connectivity index is 1.68. The van der Waals surface area contributed by atoms with Crippen LogP contribution in [0.15, 0.2) is 90.9 Å². The summed E-state index contributed by atoms with van der Waals surface area (Å²) in [6.07, 6.45) is 1.98. The highest BCUT2D eigenvalue weighted by Gasteiger charge is 2.40. The molecule has 1 saturated heterocycles. The molecule has 1 atom stereocenters. The molecule has 1 aliphatic heterocycles. The van der Waals surface area contributed by atoms with E-state index in [1.54, 1.807) is 24.3 Å². The zero-order valence-corrected chi connectivity index (χ0v) is 21.1. The number of rotatable bonds is 6. The first-order chi connectivity index (χ1) is 16.0. The molecule has 1 aromatic heterocycles. The number of nitrogens with one attached hydrogen (secondary N) is 1. The van der Waals surface area contributed by atoms with Gasteiger partial charge in [-0.3, -0.25) is 14.5 Å². The van der Waals surface area contributed by atoms with Gasteiger partial charge in [-0.25, -0.2) is 0 Å². The molecular weight excluding hydrogens is 570 g/mol. The Kier molecular flexibility index (Phi) is 7.38. The quantitative estimate of drug-likeness (QED) is 0.302. The van der Waals surface area contributed by atoms with Gasteiger partial charge in [0.2, 0.25) is 5.91 Å². The van der Waals surface area contributed by atoms with E-state index in [-0.39, 0.29) is 18.0 Å². The van der Waals surface area contributed by atoms with E-state index in [1.807, 2.05) is 42.5 Å². The Morgan fingerprint density at radius 1 is 1.12 bits per heavy atom. The van der Waals surface area contributed by atoms with Crippen LogP contribution in [0, 0.1) is 11.3 Å². The van der Waals surface area contributed by atoms with Gasteiger partial charge in [0, 0.05) is 14.6 Å². The Labute approximate surface area is 211 Å². The maximum Gasteiger partial charge on any atom is 0.265 e. The van der Waals surface area contributed by atoms with Gasteiger partial charge in [0.05, 0.1) is 18.1 Å². The van der Waals surface area contributed by atoms with Crippen LogP contribution in [0.25, 0.3) is 0 Å². The highest BCUT2D eigenvalue weighted by molar-refractivity contribution is 9.10. The molecule has 2 heterocycles. The highest BCUT2D eigenvalue weighted by atomic mass is 79.9. The highest BCUT2D eigenvalue weighted by Crippen LogP contribution is 2.42. The second-order valence-electron chi connectivity index (χ2n) is 7.14. The molecule has 3 aromatic rings. The average Bonchev–Trinajstić information content (AvgIpc) is 3.42. The fourth-order valence-electron chi connectivity index (χ4n) is 3.36. The summed E-state index contributed by atoms with van der Waals surface area (Å²) in [5.74, 6) is -0.170. The minimum absolute atomic E-state index is 0.112. The number of halogens is 2. The molecule has 4 rings (SSSR count). The number of thioether (sulfide) groups is 1. The standard InChI is InChI=1S/C24H17Br2N3O3S/c25-16-6-8-18(9-7-16)29-23(31)21(12-15-3-1-4-17(26)11-15)33-24(29)20(13-27)22(30)28-14-19-5-2-10-32-19/h1-11,21H,12,14H2,(H,28,30)/b24-20-/t21-/m1/s1. The molecule has 0 unspecified atom stereocenters. The molecule has 6 nitrogen and oxygen atoms in total. The molecule has 2 aromatic carbocycles. The summed E-state index contributed by atoms with van der Waals surface area (Å²) in [6.45, 7) is 0.142. The SMILES string of the molecule is N#C/C(C(=O)NCc1ccco1)=C1/S[C@H](Cc2cccc(Br)c2)C(=O)N1c1ccc(Br)cc1. The van der Waals surface area contributed by atoms with Crippen molar-refractivity contribution in [3.63, 3.8) is 0 Å². The predicted octanol–water partition coefficient (Wildman–Crippen LogP) is 5.55. The normalized spacial score (nSPS) is 17.1. The molecule has 1 N–H and O–H groups in total. The molecule has 2 amide bonds. The molecule has 1 fully saturated rings. The number of hydrogen-bond acceptors (Lipinski definition) is 5. The maximum atomic E-state index is 13.5. The van der Waals surface area contributed by atoms with Crippen LogP contribution in [0.4, 0.5) is 5.69 Å². The molecule has 9 heteroatoms. The summed E-state index contributed by atoms with van der Waals surface area (Å²) >= 11 is 8.10. The number of amides is 2. The lowest BCUT2D eigenvalue weighted by Crippen LogP contribution is -2.32. The van der Waals surface area contributed by atoms with Crippen molar-refractivity contribution in [3.8, 4) is 6.07 Å². The Bertz CT molecular complexity index is 1250. The minimum atomic E-state index is -0.561. The van der Waals surface area contributed by atoms with Crippen molar-refractivity contribution in [2.45, 2.75) is 18.2 Å². The molecule has 0 bridgehead atoms. The summed E-state index contributed by atoms with van der Waals surface area (Å²) in [4.78, 5) is 27.8. The Morgan fingerprint density at radius 2 is 1.91 bits per heavy atom. The van der Waals surface area contributed by atoms with Gasteiger partial charge in [0.15, 0.2) is 0 Å². The van der Waals surface area contributed by atoms with Crippen LogP contribution in [0.2, 0.25) is 0 Å². The second-order valence-corrected chi connectivity index (χ2v) is 10.2. The first kappa shape index (κ1) is 23.4. The van der Waals surface area contributed by atoms with E-state index in [4.69, 9.17) is 4.42 Å². The first-order valence-corrected chi connectivity index (χ1v) is 12.4. The van der Waals surface area contributed by atoms with Gasteiger partial charge >= 0.3 is 0 Å². The van der Waals surface area contributed by atoms with Crippen LogP contribution >= 0.6 is 43.6 Å². The lowest BCUT2D eigenvalue weighted by atomic mass is 10.1. The van der Waals surface area contributed by atoms with Crippen molar-refractivity contribution in [2.75, 3.05) is 4.90 Å². The largest absolute Gasteiger partial charge is 0.467 e. The summed E-state index contributed by atoms with van der Waals surface area (Å²) in [5.41, 5.74) is 1.46. The third-order valence-electron chi connectivity index (χ3n) is 4.90. The van der Waals surface area contributed by atoms with E-state index in [0.29, 0.717) is 22.9 Å². The molecular formula is C24H17Br2N3O3S. The summed E-state index contributed by atoms with van der Waals surface area (Å²) in [6, 6.07) is 20.4. The molecule has 33 heavy (non-hydrogen) atoms. The van der Waals surface area contributed by atoms with Gasteiger partial charge < -0.3 is 9.73 Å². The summed E-state index contributed by atoms with van der Waals surface area (Å²) < 4.78 is 7.02. The van der Waals surface area contributed by atoms with Crippen LogP contribution in [-0.2, 0) is 22.6 Å². The molecule has 1 aliphatic rings. The zero-order chi connectivity index (χ0) is 23.4. The second kappa shape index (κ2) is 10.4. The van der Waals surface area contributed by atoms with Gasteiger partial charge in [-0.05, 0) is 60.5 Å². The average molecular weight is 587 g/mol. The number of anilines is 1. The van der Waals surface area contributed by atoms with Crippen LogP contribution < -0.4 is 10.2 Å². The minimum Gasteiger partial charge on any atom is -0.467 e. The third-order valence-corrected chi connectivity index (χ3v) is 7.19. The smallest absolute Gasteiger partial charge is 0.265 e. The fraction of sp³-hybridized carbons (Fsp3) is 0.125. The maximum absolute atomic E-state index is 13.5. The molecule has 0 radical (unpaired) electrons. The van der Waals surface area contributed by atoms with Gasteiger partial charge in [0.25, 0.3) is 5.91 Å². The van der Waals surface area contributed by atoms with E-state index < -0.39 is 11.2 Å². The van der Waals surface area contributed by atoms with Crippen molar-refractivity contribution in [2.24, 2.45) is 0 Å². The topological polar surface area (TPSA) is 86.3 Å². The number of benzene rings is 2. The number of nitriles is 1. The van der Waals surface area contributed by atoms with Crippen molar-refractivity contribution in [1.82, 2.24) is 5.32 Å². The molecule has 166 valence electrons. The lowest BCUT2D eigenvalue weighted by Gasteiger charge is -2.18. The number of furan rings is 1. The van der Waals surface area contributed by atoms with E-state index >= 15 is 0 Å². The van der Waals surface area contributed by atoms with Gasteiger partial charge in [0.1, 0.15) is 22.4 Å². The van der Waals surface area contributed by atoms with Crippen molar-refractivity contribution in [1.29, 1.82) is 5.26 Å². The number of nitrogens with zero attached hydrogens (tertiary/aromatic N) is 2. The fourth-order valence-corrected chi connectivity index (χ4v) is 5.38. The monoisotopic (exact) mass is 585 g/mol. The number of carbonyl (C=O) groups is 2.